The van der Waals surface area contributed by atoms with E-state index in [4.69, 9.17) is 0 Å². The minimum Gasteiger partial charge on any atom is -0.244 e. The molecule has 0 spiro atoms. The molecule has 0 radical (unpaired) electrons. The molecule has 0 saturated heterocycles. The lowest BCUT2D eigenvalue weighted by Crippen LogP contribution is -1.75. The van der Waals surface area contributed by atoms with Crippen molar-refractivity contribution in [3.8, 4) is 0 Å². The summed E-state index contributed by atoms with van der Waals surface area (Å²) in [6.45, 7) is 0. The third-order valence-corrected chi connectivity index (χ3v) is 2.45. The Balaban J connectivity index is 2.68. The Hall–Kier alpha value is -1.29. The summed E-state index contributed by atoms with van der Waals surface area (Å²) in [5, 5.41) is 0. The Morgan fingerprint density at radius 1 is 1.38 bits per heavy atom. The van der Waals surface area contributed by atoms with Gasteiger partial charge in [-0.1, -0.05) is 12.1 Å². The molecular formula is C9H5F2NS. The first-order valence-corrected chi connectivity index (χ1v) is 4.50. The quantitative estimate of drug-likeness (QED) is 0.681. The molecule has 0 amide bonds. The fourth-order valence-corrected chi connectivity index (χ4v) is 1.85. The molecule has 0 bridgehead atoms. The number of hydrogen-bond acceptors (Lipinski definition) is 2. The van der Waals surface area contributed by atoms with E-state index < -0.39 is 6.08 Å². The summed E-state index contributed by atoms with van der Waals surface area (Å²) in [4.78, 5) is 4.01. The highest BCUT2D eigenvalue weighted by Crippen LogP contribution is 2.23. The number of thiazole rings is 1. The Morgan fingerprint density at radius 3 is 3.00 bits per heavy atom. The lowest BCUT2D eigenvalue weighted by Gasteiger charge is -1.92. The van der Waals surface area contributed by atoms with Gasteiger partial charge >= 0.3 is 0 Å². The van der Waals surface area contributed by atoms with Gasteiger partial charge in [-0.05, 0) is 6.07 Å². The highest BCUT2D eigenvalue weighted by Gasteiger charge is 2.01. The third-order valence-electron chi connectivity index (χ3n) is 1.66. The number of fused-ring (bicyclic) bond motifs is 1. The topological polar surface area (TPSA) is 12.9 Å². The van der Waals surface area contributed by atoms with Gasteiger partial charge in [0.25, 0.3) is 6.08 Å². The van der Waals surface area contributed by atoms with E-state index in [0.29, 0.717) is 11.1 Å². The first kappa shape index (κ1) is 8.31. The minimum absolute atomic E-state index is 0.471. The zero-order chi connectivity index (χ0) is 9.26. The maximum Gasteiger partial charge on any atom is 0.270 e. The van der Waals surface area contributed by atoms with Crippen molar-refractivity contribution in [3.05, 3.63) is 35.4 Å². The second-order valence-electron chi connectivity index (χ2n) is 2.48. The molecule has 0 atom stereocenters. The van der Waals surface area contributed by atoms with E-state index in [0.717, 1.165) is 10.8 Å². The predicted octanol–water partition coefficient (Wildman–Crippen LogP) is 3.53. The van der Waals surface area contributed by atoms with Crippen molar-refractivity contribution in [2.45, 2.75) is 0 Å². The number of hydrogen-bond donors (Lipinski definition) is 0. The molecule has 2 rings (SSSR count). The van der Waals surface area contributed by atoms with Crippen molar-refractivity contribution in [3.63, 3.8) is 0 Å². The minimum atomic E-state index is -1.69. The van der Waals surface area contributed by atoms with Crippen molar-refractivity contribution >= 4 is 27.6 Å². The summed E-state index contributed by atoms with van der Waals surface area (Å²) in [5.74, 6) is 0. The lowest BCUT2D eigenvalue weighted by molar-refractivity contribution is 0.429. The third kappa shape index (κ3) is 1.58. The van der Waals surface area contributed by atoms with E-state index in [-0.39, 0.29) is 0 Å². The molecule has 0 N–H and O–H groups in total. The van der Waals surface area contributed by atoms with Crippen LogP contribution in [-0.2, 0) is 0 Å². The van der Waals surface area contributed by atoms with Gasteiger partial charge in [-0.15, -0.1) is 11.3 Å². The molecule has 0 fully saturated rings. The summed E-state index contributed by atoms with van der Waals surface area (Å²) >= 11 is 1.44. The van der Waals surface area contributed by atoms with E-state index in [9.17, 15) is 8.78 Å². The molecule has 4 heteroatoms. The van der Waals surface area contributed by atoms with Crippen LogP contribution in [0.2, 0.25) is 0 Å². The number of nitrogens with zero attached hydrogens (tertiary/aromatic N) is 1. The molecule has 0 saturated carbocycles. The molecule has 1 heterocycles. The molecule has 13 heavy (non-hydrogen) atoms. The largest absolute Gasteiger partial charge is 0.270 e. The molecule has 1 aromatic heterocycles. The molecule has 2 aromatic rings. The van der Waals surface area contributed by atoms with Gasteiger partial charge in [0.2, 0.25) is 0 Å². The van der Waals surface area contributed by atoms with Crippen LogP contribution < -0.4 is 0 Å². The summed E-state index contributed by atoms with van der Waals surface area (Å²) < 4.78 is 24.9. The molecule has 1 nitrogen and oxygen atoms in total. The fraction of sp³-hybridized carbons (Fsp3) is 0. The van der Waals surface area contributed by atoms with Crippen LogP contribution in [0.25, 0.3) is 16.3 Å². The van der Waals surface area contributed by atoms with Crippen LogP contribution in [0.1, 0.15) is 5.56 Å². The molecule has 1 aromatic carbocycles. The van der Waals surface area contributed by atoms with E-state index in [1.54, 1.807) is 17.6 Å². The van der Waals surface area contributed by atoms with Crippen LogP contribution in [0.3, 0.4) is 0 Å². The van der Waals surface area contributed by atoms with Crippen LogP contribution >= 0.6 is 11.3 Å². The fourth-order valence-electron chi connectivity index (χ4n) is 1.14. The zero-order valence-electron chi connectivity index (χ0n) is 6.50. The smallest absolute Gasteiger partial charge is 0.244 e. The van der Waals surface area contributed by atoms with Crippen LogP contribution in [0.15, 0.2) is 29.8 Å². The van der Waals surface area contributed by atoms with E-state index >= 15 is 0 Å². The zero-order valence-corrected chi connectivity index (χ0v) is 7.31. The number of rotatable bonds is 1. The molecule has 0 aliphatic carbocycles. The van der Waals surface area contributed by atoms with Gasteiger partial charge in [-0.2, -0.15) is 8.78 Å². The monoisotopic (exact) mass is 197 g/mol. The van der Waals surface area contributed by atoms with Gasteiger partial charge in [0.1, 0.15) is 0 Å². The maximum atomic E-state index is 12.0. The summed E-state index contributed by atoms with van der Waals surface area (Å²) in [6.07, 6.45) is -0.859. The number of para-hydroxylation sites is 1. The molecular weight excluding hydrogens is 192 g/mol. The van der Waals surface area contributed by atoms with Crippen molar-refractivity contribution < 1.29 is 8.78 Å². The van der Waals surface area contributed by atoms with Gasteiger partial charge in [0, 0.05) is 11.6 Å². The Labute approximate surface area is 77.3 Å². The number of benzene rings is 1. The van der Waals surface area contributed by atoms with Crippen molar-refractivity contribution in [2.75, 3.05) is 0 Å². The molecule has 0 aliphatic rings. The Kier molecular flexibility index (Phi) is 2.06. The van der Waals surface area contributed by atoms with Crippen LogP contribution in [-0.4, -0.2) is 4.98 Å². The Bertz CT molecular complexity index is 457. The van der Waals surface area contributed by atoms with Crippen molar-refractivity contribution in [2.24, 2.45) is 0 Å². The second-order valence-corrected chi connectivity index (χ2v) is 3.37. The average molecular weight is 197 g/mol. The summed E-state index contributed by atoms with van der Waals surface area (Å²) in [6, 6.07) is 5.23. The first-order valence-electron chi connectivity index (χ1n) is 3.62. The van der Waals surface area contributed by atoms with Crippen LogP contribution in [0.5, 0.6) is 0 Å². The van der Waals surface area contributed by atoms with E-state index in [1.165, 1.54) is 11.3 Å². The van der Waals surface area contributed by atoms with Crippen molar-refractivity contribution in [1.29, 1.82) is 0 Å². The molecule has 66 valence electrons. The highest BCUT2D eigenvalue weighted by atomic mass is 32.1. The normalized spacial score (nSPS) is 10.3. The van der Waals surface area contributed by atoms with Gasteiger partial charge in [0.05, 0.1) is 15.7 Å². The van der Waals surface area contributed by atoms with Crippen molar-refractivity contribution in [1.82, 2.24) is 4.98 Å². The van der Waals surface area contributed by atoms with Gasteiger partial charge in [0.15, 0.2) is 0 Å². The number of halogens is 2. The van der Waals surface area contributed by atoms with E-state index in [2.05, 4.69) is 4.98 Å². The SMILES string of the molecule is FC(F)=Cc1cccc2scnc12. The van der Waals surface area contributed by atoms with Crippen LogP contribution in [0.4, 0.5) is 8.78 Å². The average Bonchev–Trinajstić information content (AvgIpc) is 2.51. The summed E-state index contributed by atoms with van der Waals surface area (Å²) in [7, 11) is 0. The Morgan fingerprint density at radius 2 is 2.23 bits per heavy atom. The number of aromatic nitrogens is 1. The highest BCUT2D eigenvalue weighted by molar-refractivity contribution is 7.16. The van der Waals surface area contributed by atoms with Gasteiger partial charge < -0.3 is 0 Å². The van der Waals surface area contributed by atoms with E-state index in [1.807, 2.05) is 6.07 Å². The van der Waals surface area contributed by atoms with Crippen LogP contribution in [0, 0.1) is 0 Å². The van der Waals surface area contributed by atoms with Gasteiger partial charge in [-0.25, -0.2) is 4.98 Å². The second kappa shape index (κ2) is 3.22. The summed E-state index contributed by atoms with van der Waals surface area (Å²) in [5.41, 5.74) is 2.76. The lowest BCUT2D eigenvalue weighted by atomic mass is 10.2. The molecule has 0 unspecified atom stereocenters. The maximum absolute atomic E-state index is 12.0. The van der Waals surface area contributed by atoms with Gasteiger partial charge in [-0.3, -0.25) is 0 Å². The molecule has 0 aliphatic heterocycles. The predicted molar refractivity (Wildman–Crippen MR) is 49.8 cm³/mol. The standard InChI is InChI=1S/C9H5F2NS/c10-8(11)4-6-2-1-3-7-9(6)12-5-13-7/h1-5H. The first-order chi connectivity index (χ1) is 6.27.